The maximum absolute atomic E-state index is 13.2. The van der Waals surface area contributed by atoms with E-state index in [4.69, 9.17) is 9.72 Å². The molecule has 0 aliphatic carbocycles. The molecular formula is C31H35FN4O. The van der Waals surface area contributed by atoms with Gasteiger partial charge in [0.25, 0.3) is 0 Å². The van der Waals surface area contributed by atoms with Crippen LogP contribution in [0.15, 0.2) is 72.9 Å². The summed E-state index contributed by atoms with van der Waals surface area (Å²) >= 11 is 0. The smallest absolute Gasteiger partial charge is 0.160 e. The molecule has 192 valence electrons. The summed E-state index contributed by atoms with van der Waals surface area (Å²) < 4.78 is 21.8. The van der Waals surface area contributed by atoms with E-state index < -0.39 is 0 Å². The summed E-state index contributed by atoms with van der Waals surface area (Å²) in [6.45, 7) is 4.38. The van der Waals surface area contributed by atoms with Gasteiger partial charge >= 0.3 is 0 Å². The van der Waals surface area contributed by atoms with Gasteiger partial charge < -0.3 is 9.30 Å². The zero-order valence-electron chi connectivity index (χ0n) is 21.5. The first-order valence-electron chi connectivity index (χ1n) is 13.6. The average molecular weight is 499 g/mol. The van der Waals surface area contributed by atoms with Crippen LogP contribution in [0.5, 0.6) is 0 Å². The molecule has 4 aromatic rings. The third-order valence-electron chi connectivity index (χ3n) is 8.36. The van der Waals surface area contributed by atoms with E-state index in [1.807, 2.05) is 12.3 Å². The number of aromatic nitrogens is 3. The molecule has 2 aromatic heterocycles. The van der Waals surface area contributed by atoms with Crippen LogP contribution < -0.4 is 0 Å². The molecule has 2 aliphatic heterocycles. The van der Waals surface area contributed by atoms with Gasteiger partial charge in [0, 0.05) is 30.2 Å². The van der Waals surface area contributed by atoms with Crippen LogP contribution in [0, 0.1) is 12.7 Å². The quantitative estimate of drug-likeness (QED) is 0.266. The van der Waals surface area contributed by atoms with Crippen molar-refractivity contribution >= 4 is 11.2 Å². The van der Waals surface area contributed by atoms with Crippen molar-refractivity contribution in [2.75, 3.05) is 13.2 Å². The lowest BCUT2D eigenvalue weighted by atomic mass is 9.93. The molecule has 4 heterocycles. The van der Waals surface area contributed by atoms with E-state index in [0.29, 0.717) is 37.3 Å². The van der Waals surface area contributed by atoms with Crippen LogP contribution in [0.3, 0.4) is 0 Å². The van der Waals surface area contributed by atoms with Gasteiger partial charge in [-0.05, 0) is 81.0 Å². The van der Waals surface area contributed by atoms with E-state index in [9.17, 15) is 4.39 Å². The fourth-order valence-electron chi connectivity index (χ4n) is 6.58. The lowest BCUT2D eigenvalue weighted by molar-refractivity contribution is 0.0811. The van der Waals surface area contributed by atoms with Crippen LogP contribution in [0.4, 0.5) is 4.39 Å². The maximum atomic E-state index is 13.2. The number of imidazole rings is 1. The van der Waals surface area contributed by atoms with Crippen molar-refractivity contribution in [1.82, 2.24) is 19.4 Å². The monoisotopic (exact) mass is 498 g/mol. The van der Waals surface area contributed by atoms with Crippen LogP contribution in [-0.2, 0) is 11.3 Å². The molecule has 2 bridgehead atoms. The van der Waals surface area contributed by atoms with Crippen molar-refractivity contribution in [2.24, 2.45) is 0 Å². The van der Waals surface area contributed by atoms with Crippen LogP contribution >= 0.6 is 0 Å². The molecule has 2 aliphatic rings. The van der Waals surface area contributed by atoms with Gasteiger partial charge in [-0.25, -0.2) is 14.4 Å². The Morgan fingerprint density at radius 2 is 1.70 bits per heavy atom. The molecule has 6 rings (SSSR count). The Balaban J connectivity index is 1.11. The number of aryl methyl sites for hydroxylation is 1. The van der Waals surface area contributed by atoms with Crippen LogP contribution in [0.1, 0.15) is 61.0 Å². The zero-order chi connectivity index (χ0) is 25.2. The topological polar surface area (TPSA) is 43.2 Å². The second kappa shape index (κ2) is 10.7. The zero-order valence-corrected chi connectivity index (χ0v) is 21.5. The summed E-state index contributed by atoms with van der Waals surface area (Å²) in [6, 6.07) is 23.1. The highest BCUT2D eigenvalue weighted by Crippen LogP contribution is 2.42. The van der Waals surface area contributed by atoms with Crippen molar-refractivity contribution < 1.29 is 9.13 Å². The highest BCUT2D eigenvalue weighted by atomic mass is 19.1. The highest BCUT2D eigenvalue weighted by molar-refractivity contribution is 5.71. The van der Waals surface area contributed by atoms with Gasteiger partial charge in [-0.2, -0.15) is 0 Å². The Kier molecular flexibility index (Phi) is 7.03. The van der Waals surface area contributed by atoms with Crippen molar-refractivity contribution in [3.05, 3.63) is 95.7 Å². The van der Waals surface area contributed by atoms with Gasteiger partial charge in [0.05, 0.1) is 13.2 Å². The van der Waals surface area contributed by atoms with Crippen LogP contribution in [0.2, 0.25) is 0 Å². The van der Waals surface area contributed by atoms with Crippen LogP contribution in [0.25, 0.3) is 11.2 Å². The molecule has 0 N–H and O–H groups in total. The van der Waals surface area contributed by atoms with Gasteiger partial charge in [0.1, 0.15) is 17.2 Å². The fraction of sp³-hybridized carbons (Fsp3) is 0.419. The molecule has 0 saturated carbocycles. The maximum Gasteiger partial charge on any atom is 0.160 e. The summed E-state index contributed by atoms with van der Waals surface area (Å²) in [4.78, 5) is 12.2. The van der Waals surface area contributed by atoms with Crippen molar-refractivity contribution in [3.8, 4) is 0 Å². The Morgan fingerprint density at radius 1 is 0.946 bits per heavy atom. The minimum atomic E-state index is -0.211. The third-order valence-corrected chi connectivity index (χ3v) is 8.36. The van der Waals surface area contributed by atoms with Gasteiger partial charge in [0.2, 0.25) is 0 Å². The number of ether oxygens (including phenoxy) is 1. The standard InChI is InChI=1S/C31H35FN4O/c1-22-34-30-8-5-16-33-31(30)36(22)29-18-27-13-14-28(19-29)35(27)17-15-25(24-6-3-2-4-7-24)21-37-20-23-9-11-26(32)12-10-23/h2-12,16,25,27-29H,13-15,17-21H2,1H3/t25-,27-,28+,29?/m1/s1. The number of benzene rings is 2. The van der Waals surface area contributed by atoms with E-state index >= 15 is 0 Å². The first-order chi connectivity index (χ1) is 18.2. The molecule has 5 nitrogen and oxygen atoms in total. The molecule has 2 fully saturated rings. The fourth-order valence-corrected chi connectivity index (χ4v) is 6.58. The number of pyridine rings is 1. The average Bonchev–Trinajstić information content (AvgIpc) is 3.38. The van der Waals surface area contributed by atoms with Crippen molar-refractivity contribution in [2.45, 2.75) is 69.7 Å². The number of rotatable bonds is 9. The predicted octanol–water partition coefficient (Wildman–Crippen LogP) is 6.44. The predicted molar refractivity (Wildman–Crippen MR) is 144 cm³/mol. The van der Waals surface area contributed by atoms with E-state index in [0.717, 1.165) is 48.4 Å². The van der Waals surface area contributed by atoms with E-state index in [-0.39, 0.29) is 5.82 Å². The summed E-state index contributed by atoms with van der Waals surface area (Å²) in [5, 5.41) is 0. The van der Waals surface area contributed by atoms with E-state index in [1.165, 1.54) is 30.5 Å². The van der Waals surface area contributed by atoms with Crippen molar-refractivity contribution in [3.63, 3.8) is 0 Å². The second-order valence-corrected chi connectivity index (χ2v) is 10.7. The van der Waals surface area contributed by atoms with E-state index in [2.05, 4.69) is 57.8 Å². The minimum absolute atomic E-state index is 0.211. The van der Waals surface area contributed by atoms with E-state index in [1.54, 1.807) is 12.1 Å². The molecular weight excluding hydrogens is 463 g/mol. The Bertz CT molecular complexity index is 1310. The van der Waals surface area contributed by atoms with Crippen molar-refractivity contribution in [1.29, 1.82) is 0 Å². The first-order valence-corrected chi connectivity index (χ1v) is 13.6. The molecule has 4 atom stereocenters. The number of hydrogen-bond donors (Lipinski definition) is 0. The largest absolute Gasteiger partial charge is 0.376 e. The third kappa shape index (κ3) is 5.18. The normalized spacial score (nSPS) is 22.5. The summed E-state index contributed by atoms with van der Waals surface area (Å²) in [7, 11) is 0. The Hall–Kier alpha value is -3.09. The minimum Gasteiger partial charge on any atom is -0.376 e. The molecule has 1 unspecified atom stereocenters. The highest BCUT2D eigenvalue weighted by Gasteiger charge is 2.41. The Morgan fingerprint density at radius 3 is 2.46 bits per heavy atom. The molecule has 2 saturated heterocycles. The lowest BCUT2D eigenvalue weighted by Crippen LogP contribution is -2.44. The summed E-state index contributed by atoms with van der Waals surface area (Å²) in [6.07, 6.45) is 7.83. The molecule has 0 radical (unpaired) electrons. The number of piperidine rings is 1. The second-order valence-electron chi connectivity index (χ2n) is 10.7. The number of halogens is 1. The Labute approximate surface area is 218 Å². The number of hydrogen-bond acceptors (Lipinski definition) is 4. The molecule has 6 heteroatoms. The van der Waals surface area contributed by atoms with Gasteiger partial charge in [0.15, 0.2) is 5.65 Å². The lowest BCUT2D eigenvalue weighted by Gasteiger charge is -2.40. The van der Waals surface area contributed by atoms with Crippen LogP contribution in [-0.4, -0.2) is 44.7 Å². The molecule has 37 heavy (non-hydrogen) atoms. The number of nitrogens with zero attached hydrogens (tertiary/aromatic N) is 4. The van der Waals surface area contributed by atoms with Gasteiger partial charge in [-0.1, -0.05) is 42.5 Å². The van der Waals surface area contributed by atoms with Gasteiger partial charge in [-0.15, -0.1) is 0 Å². The summed E-state index contributed by atoms with van der Waals surface area (Å²) in [5.41, 5.74) is 4.36. The number of fused-ring (bicyclic) bond motifs is 3. The first kappa shape index (κ1) is 24.3. The molecule has 0 spiro atoms. The molecule has 0 amide bonds. The summed E-state index contributed by atoms with van der Waals surface area (Å²) in [5.74, 6) is 1.20. The molecule has 2 aromatic carbocycles. The van der Waals surface area contributed by atoms with Gasteiger partial charge in [-0.3, -0.25) is 4.90 Å². The SMILES string of the molecule is Cc1nc2cccnc2n1C1C[C@H]2CC[C@@H](C1)N2CC[C@H](COCc1ccc(F)cc1)c1ccccc1.